The van der Waals surface area contributed by atoms with Gasteiger partial charge in [-0.1, -0.05) is 41.9 Å². The normalized spacial score (nSPS) is 12.1. The fraction of sp³-hybridized carbons (Fsp3) is 0.250. The molecular weight excluding hydrogens is 426 g/mol. The average Bonchev–Trinajstić information content (AvgIpc) is 3.44. The summed E-state index contributed by atoms with van der Waals surface area (Å²) in [4.78, 5) is 7.07. The van der Waals surface area contributed by atoms with Crippen LogP contribution >= 0.6 is 11.6 Å². The molecule has 0 spiro atoms. The number of aryl methyl sites for hydroxylation is 1. The average molecular weight is 452 g/mol. The smallest absolute Gasteiger partial charge is 0.139 e. The highest BCUT2D eigenvalue weighted by atomic mass is 35.5. The van der Waals surface area contributed by atoms with Crippen LogP contribution in [-0.4, -0.2) is 37.5 Å². The molecule has 32 heavy (non-hydrogen) atoms. The molecule has 3 N–H and O–H groups in total. The first-order chi connectivity index (χ1) is 15.6. The van der Waals surface area contributed by atoms with E-state index in [1.165, 1.54) is 0 Å². The highest BCUT2D eigenvalue weighted by Gasteiger charge is 2.15. The van der Waals surface area contributed by atoms with Crippen LogP contribution in [0, 0.1) is 6.92 Å². The molecule has 8 heteroatoms. The number of H-pyrrole nitrogens is 1. The van der Waals surface area contributed by atoms with Crippen molar-refractivity contribution in [1.82, 2.24) is 25.1 Å². The van der Waals surface area contributed by atoms with E-state index >= 15 is 0 Å². The van der Waals surface area contributed by atoms with Gasteiger partial charge in [-0.15, -0.1) is 0 Å². The van der Waals surface area contributed by atoms with E-state index < -0.39 is 0 Å². The number of hydrogen-bond donors (Lipinski definition) is 3. The summed E-state index contributed by atoms with van der Waals surface area (Å²) < 4.78 is 7.69. The second-order valence-electron chi connectivity index (χ2n) is 7.58. The van der Waals surface area contributed by atoms with E-state index in [4.69, 9.17) is 16.3 Å². The summed E-state index contributed by atoms with van der Waals surface area (Å²) in [5.74, 6) is 0.757. The molecule has 7 nitrogen and oxygen atoms in total. The Labute approximate surface area is 192 Å². The first-order valence-electron chi connectivity index (χ1n) is 10.5. The minimum atomic E-state index is -0.0438. The highest BCUT2D eigenvalue weighted by Crippen LogP contribution is 2.25. The van der Waals surface area contributed by atoms with Gasteiger partial charge in [-0.3, -0.25) is 0 Å². The number of aliphatic hydroxyl groups excluding tert-OH is 1. The standard InChI is InChI=1S/C24H26ClN5O2/c1-17-23(24(25)30(29-17)21-5-3-2-4-6-21)15-32-22-9-7-18(8-10-22)12-27-20(14-31)11-19-13-26-16-28-19/h2-10,13,16,20,27,31H,11-12,14-15H2,1H3,(H,26,28)/t20-/m0/s1. The first-order valence-corrected chi connectivity index (χ1v) is 10.8. The lowest BCUT2D eigenvalue weighted by Crippen LogP contribution is -2.34. The Morgan fingerprint density at radius 2 is 1.94 bits per heavy atom. The summed E-state index contributed by atoms with van der Waals surface area (Å²) >= 11 is 6.58. The van der Waals surface area contributed by atoms with Gasteiger partial charge in [0.1, 0.15) is 17.5 Å². The lowest BCUT2D eigenvalue weighted by Gasteiger charge is -2.15. The number of imidazole rings is 1. The third-order valence-corrected chi connectivity index (χ3v) is 5.65. The quantitative estimate of drug-likeness (QED) is 0.341. The van der Waals surface area contributed by atoms with Crippen LogP contribution in [0.5, 0.6) is 5.75 Å². The molecule has 2 aromatic carbocycles. The van der Waals surface area contributed by atoms with E-state index in [-0.39, 0.29) is 12.6 Å². The number of nitrogens with zero attached hydrogens (tertiary/aromatic N) is 3. The predicted octanol–water partition coefficient (Wildman–Crippen LogP) is 3.83. The fourth-order valence-corrected chi connectivity index (χ4v) is 3.75. The van der Waals surface area contributed by atoms with Gasteiger partial charge in [0.2, 0.25) is 0 Å². The number of benzene rings is 2. The van der Waals surface area contributed by atoms with Gasteiger partial charge >= 0.3 is 0 Å². The molecule has 0 aliphatic carbocycles. The van der Waals surface area contributed by atoms with E-state index in [1.807, 2.05) is 61.5 Å². The molecule has 0 aliphatic heterocycles. The summed E-state index contributed by atoms with van der Waals surface area (Å²) in [5.41, 5.74) is 4.71. The molecule has 0 unspecified atom stereocenters. The van der Waals surface area contributed by atoms with Crippen molar-refractivity contribution in [3.63, 3.8) is 0 Å². The van der Waals surface area contributed by atoms with Gasteiger partial charge in [-0.25, -0.2) is 9.67 Å². The van der Waals surface area contributed by atoms with Crippen molar-refractivity contribution >= 4 is 11.6 Å². The molecular formula is C24H26ClN5O2. The van der Waals surface area contributed by atoms with Crippen molar-refractivity contribution in [1.29, 1.82) is 0 Å². The Morgan fingerprint density at radius 1 is 1.16 bits per heavy atom. The van der Waals surface area contributed by atoms with Gasteiger partial charge in [0.15, 0.2) is 0 Å². The number of aromatic nitrogens is 4. The summed E-state index contributed by atoms with van der Waals surface area (Å²) in [7, 11) is 0. The van der Waals surface area contributed by atoms with Gasteiger partial charge in [-0.05, 0) is 36.8 Å². The number of rotatable bonds is 10. The third-order valence-electron chi connectivity index (χ3n) is 5.27. The summed E-state index contributed by atoms with van der Waals surface area (Å²) in [5, 5.41) is 18.1. The summed E-state index contributed by atoms with van der Waals surface area (Å²) in [6.45, 7) is 2.97. The van der Waals surface area contributed by atoms with Gasteiger partial charge in [0.05, 0.1) is 24.3 Å². The van der Waals surface area contributed by atoms with Gasteiger partial charge < -0.3 is 20.1 Å². The largest absolute Gasteiger partial charge is 0.489 e. The van der Waals surface area contributed by atoms with Crippen molar-refractivity contribution in [2.45, 2.75) is 32.5 Å². The maximum atomic E-state index is 9.61. The molecule has 1 atom stereocenters. The van der Waals surface area contributed by atoms with E-state index in [9.17, 15) is 5.11 Å². The zero-order valence-electron chi connectivity index (χ0n) is 17.8. The number of aliphatic hydroxyl groups is 1. The minimum Gasteiger partial charge on any atom is -0.489 e. The molecule has 4 aromatic rings. The Kier molecular flexibility index (Phi) is 7.21. The number of nitrogens with one attached hydrogen (secondary N) is 2. The van der Waals surface area contributed by atoms with Crippen molar-refractivity contribution in [2.75, 3.05) is 6.61 Å². The Bertz CT molecular complexity index is 1110. The molecule has 4 rings (SSSR count). The zero-order chi connectivity index (χ0) is 22.3. The van der Waals surface area contributed by atoms with Crippen LogP contribution in [0.2, 0.25) is 5.15 Å². The Hall–Kier alpha value is -3.13. The topological polar surface area (TPSA) is 88.0 Å². The highest BCUT2D eigenvalue weighted by molar-refractivity contribution is 6.30. The van der Waals surface area contributed by atoms with Gasteiger partial charge in [0, 0.05) is 36.5 Å². The maximum Gasteiger partial charge on any atom is 0.139 e. The van der Waals surface area contributed by atoms with Crippen molar-refractivity contribution < 1.29 is 9.84 Å². The second-order valence-corrected chi connectivity index (χ2v) is 7.93. The fourth-order valence-electron chi connectivity index (χ4n) is 3.42. The molecule has 0 fully saturated rings. The minimum absolute atomic E-state index is 0.0438. The molecule has 2 heterocycles. The number of aromatic amines is 1. The number of hydrogen-bond acceptors (Lipinski definition) is 5. The van der Waals surface area contributed by atoms with Crippen LogP contribution in [-0.2, 0) is 19.6 Å². The van der Waals surface area contributed by atoms with Gasteiger partial charge in [0.25, 0.3) is 0 Å². The zero-order valence-corrected chi connectivity index (χ0v) is 18.6. The van der Waals surface area contributed by atoms with Crippen molar-refractivity contribution in [2.24, 2.45) is 0 Å². The van der Waals surface area contributed by atoms with Crippen LogP contribution in [0.3, 0.4) is 0 Å². The monoisotopic (exact) mass is 451 g/mol. The summed E-state index contributed by atoms with van der Waals surface area (Å²) in [6, 6.07) is 17.6. The molecule has 0 bridgehead atoms. The molecule has 166 valence electrons. The first kappa shape index (κ1) is 22.1. The van der Waals surface area contributed by atoms with Crippen molar-refractivity contribution in [3.8, 4) is 11.4 Å². The van der Waals surface area contributed by atoms with Crippen LogP contribution in [0.1, 0.15) is 22.5 Å². The molecule has 0 saturated carbocycles. The second kappa shape index (κ2) is 10.5. The molecule has 0 aliphatic rings. The van der Waals surface area contributed by atoms with Gasteiger partial charge in [-0.2, -0.15) is 5.10 Å². The third kappa shape index (κ3) is 5.37. The predicted molar refractivity (Wildman–Crippen MR) is 124 cm³/mol. The van der Waals surface area contributed by atoms with E-state index in [2.05, 4.69) is 20.4 Å². The molecule has 0 amide bonds. The number of para-hydroxylation sites is 1. The van der Waals surface area contributed by atoms with E-state index in [0.29, 0.717) is 24.7 Å². The Morgan fingerprint density at radius 3 is 2.62 bits per heavy atom. The molecule has 0 saturated heterocycles. The number of ether oxygens (including phenoxy) is 1. The molecule has 0 radical (unpaired) electrons. The lowest BCUT2D eigenvalue weighted by atomic mass is 10.1. The Balaban J connectivity index is 1.33. The van der Waals surface area contributed by atoms with Crippen LogP contribution in [0.15, 0.2) is 67.1 Å². The van der Waals surface area contributed by atoms with Crippen molar-refractivity contribution in [3.05, 3.63) is 94.8 Å². The summed E-state index contributed by atoms with van der Waals surface area (Å²) in [6.07, 6.45) is 4.10. The van der Waals surface area contributed by atoms with Crippen LogP contribution < -0.4 is 10.1 Å². The van der Waals surface area contributed by atoms with E-state index in [1.54, 1.807) is 17.2 Å². The molecule has 2 aromatic heterocycles. The van der Waals surface area contributed by atoms with Crippen LogP contribution in [0.4, 0.5) is 0 Å². The van der Waals surface area contributed by atoms with E-state index in [0.717, 1.165) is 34.0 Å². The maximum absolute atomic E-state index is 9.61. The number of halogens is 1. The lowest BCUT2D eigenvalue weighted by molar-refractivity contribution is 0.240. The SMILES string of the molecule is Cc1nn(-c2ccccc2)c(Cl)c1COc1ccc(CN[C@H](CO)Cc2cnc[nH]2)cc1. The van der Waals surface area contributed by atoms with Crippen LogP contribution in [0.25, 0.3) is 5.69 Å².